The summed E-state index contributed by atoms with van der Waals surface area (Å²) in [4.78, 5) is 54.7. The molecule has 11 rings (SSSR count). The molecule has 6 nitrogen and oxygen atoms in total. The van der Waals surface area contributed by atoms with Gasteiger partial charge in [0.15, 0.2) is 21.7 Å². The fourth-order valence-electron chi connectivity index (χ4n) is 8.38. The maximum atomic E-state index is 14.0. The molecule has 0 amide bonds. The minimum Gasteiger partial charge on any atom is -0.308 e. The number of pyridine rings is 4. The van der Waals surface area contributed by atoms with Crippen LogP contribution in [-0.2, 0) is 0 Å². The number of rotatable bonds is 2. The Morgan fingerprint density at radius 2 is 0.577 bits per heavy atom. The molecule has 0 atom stereocenters. The number of hydrogen-bond acceptors (Lipinski definition) is 4. The van der Waals surface area contributed by atoms with E-state index >= 15 is 0 Å². The van der Waals surface area contributed by atoms with Gasteiger partial charge in [-0.1, -0.05) is 72.8 Å². The minimum atomic E-state index is -0.109. The summed E-state index contributed by atoms with van der Waals surface area (Å²) in [5.41, 5.74) is 7.62. The Balaban J connectivity index is 1.07. The monoisotopic (exact) mass is 668 g/mol. The number of para-hydroxylation sites is 4. The normalized spacial score (nSPS) is 12.2. The minimum absolute atomic E-state index is 0.0766. The highest BCUT2D eigenvalue weighted by atomic mass is 16.1. The van der Waals surface area contributed by atoms with Gasteiger partial charge in [0.25, 0.3) is 0 Å². The zero-order chi connectivity index (χ0) is 34.8. The molecule has 0 N–H and O–H groups in total. The van der Waals surface area contributed by atoms with E-state index in [1.54, 1.807) is 36.4 Å². The van der Waals surface area contributed by atoms with E-state index in [-0.39, 0.29) is 21.7 Å². The highest BCUT2D eigenvalue weighted by Crippen LogP contribution is 2.33. The van der Waals surface area contributed by atoms with Crippen LogP contribution in [0, 0.1) is 0 Å². The van der Waals surface area contributed by atoms with Gasteiger partial charge in [-0.2, -0.15) is 0 Å². The second kappa shape index (κ2) is 10.2. The zero-order valence-electron chi connectivity index (χ0n) is 27.4. The molecule has 11 aromatic rings. The third kappa shape index (κ3) is 3.67. The van der Waals surface area contributed by atoms with Crippen molar-refractivity contribution in [2.75, 3.05) is 0 Å². The number of benzene rings is 7. The van der Waals surface area contributed by atoms with Crippen LogP contribution in [-0.4, -0.2) is 8.80 Å². The van der Waals surface area contributed by atoms with Crippen molar-refractivity contribution in [2.24, 2.45) is 0 Å². The third-order valence-corrected chi connectivity index (χ3v) is 10.8. The molecule has 0 aliphatic rings. The molecule has 7 aromatic carbocycles. The Morgan fingerprint density at radius 3 is 0.981 bits per heavy atom. The van der Waals surface area contributed by atoms with Crippen molar-refractivity contribution in [3.63, 3.8) is 0 Å². The summed E-state index contributed by atoms with van der Waals surface area (Å²) in [5, 5.41) is 4.47. The van der Waals surface area contributed by atoms with Crippen LogP contribution < -0.4 is 21.7 Å². The number of nitrogens with zero attached hydrogens (tertiary/aromatic N) is 2. The Labute approximate surface area is 293 Å². The van der Waals surface area contributed by atoms with Crippen molar-refractivity contribution in [1.29, 1.82) is 0 Å². The van der Waals surface area contributed by atoms with Gasteiger partial charge < -0.3 is 8.80 Å². The summed E-state index contributed by atoms with van der Waals surface area (Å²) in [6, 6.07) is 45.7. The average molecular weight is 669 g/mol. The van der Waals surface area contributed by atoms with Gasteiger partial charge in [0.1, 0.15) is 0 Å². The summed E-state index contributed by atoms with van der Waals surface area (Å²) in [6.07, 6.45) is 0. The first-order chi connectivity index (χ1) is 25.5. The van der Waals surface area contributed by atoms with E-state index in [0.717, 1.165) is 44.3 Å². The Hall–Kier alpha value is -7.18. The van der Waals surface area contributed by atoms with Crippen LogP contribution >= 0.6 is 0 Å². The molecule has 0 aliphatic carbocycles. The molecule has 0 radical (unpaired) electrons. The molecule has 0 bridgehead atoms. The molecule has 0 saturated carbocycles. The van der Waals surface area contributed by atoms with Crippen LogP contribution in [0.1, 0.15) is 0 Å². The van der Waals surface area contributed by atoms with Gasteiger partial charge in [-0.3, -0.25) is 19.2 Å². The predicted molar refractivity (Wildman–Crippen MR) is 212 cm³/mol. The van der Waals surface area contributed by atoms with Crippen molar-refractivity contribution in [2.45, 2.75) is 0 Å². The van der Waals surface area contributed by atoms with Crippen molar-refractivity contribution < 1.29 is 0 Å². The Morgan fingerprint density at radius 1 is 0.269 bits per heavy atom. The fourth-order valence-corrected chi connectivity index (χ4v) is 8.38. The quantitative estimate of drug-likeness (QED) is 0.136. The molecule has 52 heavy (non-hydrogen) atoms. The molecule has 0 aliphatic heterocycles. The summed E-state index contributed by atoms with van der Waals surface area (Å²) in [5.74, 6) is 0. The molecule has 0 unspecified atom stereocenters. The fraction of sp³-hybridized carbons (Fsp3) is 0. The second-order valence-corrected chi connectivity index (χ2v) is 13.5. The smallest absolute Gasteiger partial charge is 0.197 e. The molecule has 6 heteroatoms. The van der Waals surface area contributed by atoms with Crippen molar-refractivity contribution in [3.8, 4) is 22.3 Å². The van der Waals surface area contributed by atoms with Gasteiger partial charge in [-0.25, -0.2) is 0 Å². The van der Waals surface area contributed by atoms with Gasteiger partial charge in [0.2, 0.25) is 0 Å². The van der Waals surface area contributed by atoms with E-state index in [9.17, 15) is 19.2 Å². The third-order valence-electron chi connectivity index (χ3n) is 10.8. The van der Waals surface area contributed by atoms with Crippen molar-refractivity contribution in [3.05, 3.63) is 186 Å². The molecular formula is C46H24N2O4. The lowest BCUT2D eigenvalue weighted by molar-refractivity contribution is 1.31. The van der Waals surface area contributed by atoms with Crippen LogP contribution in [0.4, 0.5) is 0 Å². The Kier molecular flexibility index (Phi) is 5.61. The summed E-state index contributed by atoms with van der Waals surface area (Å²) in [7, 11) is 0. The van der Waals surface area contributed by atoms with Gasteiger partial charge >= 0.3 is 0 Å². The average Bonchev–Trinajstić information content (AvgIpc) is 3.20. The molecule has 0 saturated heterocycles. The number of hydrogen-bond donors (Lipinski definition) is 0. The largest absolute Gasteiger partial charge is 0.308 e. The standard InChI is InChI=1S/C46H24N2O4/c49-43-29-7-1-3-13-37(29)47-39-21-19-27(23-35(39)45(51)33-11-5-9-31(43)41(33)47)25-15-17-26(18-16-25)28-20-22-40-36(24-28)46(52)34-12-6-10-32-42(34)48(40)38-14-4-2-8-30(38)44(32)50/h1-24H. The van der Waals surface area contributed by atoms with E-state index in [1.807, 2.05) is 118 Å². The SMILES string of the molecule is O=c1c2ccccc2n2c3ccc(-c4ccc(-c5ccc6c(c5)c(=O)c5cccc7c(=O)c8ccccc8n6c75)cc4)cc3c(=O)c3cccc1c32. The molecule has 242 valence electrons. The lowest BCUT2D eigenvalue weighted by Crippen LogP contribution is -2.14. The first-order valence-electron chi connectivity index (χ1n) is 17.1. The first kappa shape index (κ1) is 28.6. The summed E-state index contributed by atoms with van der Waals surface area (Å²) < 4.78 is 4.09. The lowest BCUT2D eigenvalue weighted by atomic mass is 9.96. The Bertz CT molecular complexity index is 3360. The highest BCUT2D eigenvalue weighted by Gasteiger charge is 2.19. The van der Waals surface area contributed by atoms with Gasteiger partial charge in [-0.15, -0.1) is 0 Å². The van der Waals surface area contributed by atoms with E-state index < -0.39 is 0 Å². The topological polar surface area (TPSA) is 77.1 Å². The van der Waals surface area contributed by atoms with Crippen LogP contribution in [0.5, 0.6) is 0 Å². The van der Waals surface area contributed by atoms with Crippen molar-refractivity contribution in [1.82, 2.24) is 8.80 Å². The molecule has 4 heterocycles. The van der Waals surface area contributed by atoms with Gasteiger partial charge in [-0.05, 0) is 95.1 Å². The maximum Gasteiger partial charge on any atom is 0.197 e. The summed E-state index contributed by atoms with van der Waals surface area (Å²) in [6.45, 7) is 0. The van der Waals surface area contributed by atoms with Gasteiger partial charge in [0, 0.05) is 43.1 Å². The van der Waals surface area contributed by atoms with E-state index in [4.69, 9.17) is 0 Å². The van der Waals surface area contributed by atoms with E-state index in [1.165, 1.54) is 0 Å². The first-order valence-corrected chi connectivity index (χ1v) is 17.1. The zero-order valence-corrected chi connectivity index (χ0v) is 27.4. The predicted octanol–water partition coefficient (Wildman–Crippen LogP) is 8.76. The van der Waals surface area contributed by atoms with Crippen LogP contribution in [0.2, 0.25) is 0 Å². The molecular weight excluding hydrogens is 645 g/mol. The molecule has 0 fully saturated rings. The second-order valence-electron chi connectivity index (χ2n) is 13.5. The number of fused-ring (bicyclic) bond motifs is 8. The molecule has 0 spiro atoms. The van der Waals surface area contributed by atoms with Crippen molar-refractivity contribution >= 4 is 76.2 Å². The maximum absolute atomic E-state index is 14.0. The molecule has 4 aromatic heterocycles. The van der Waals surface area contributed by atoms with Crippen LogP contribution in [0.25, 0.3) is 98.4 Å². The van der Waals surface area contributed by atoms with Crippen LogP contribution in [0.15, 0.2) is 165 Å². The highest BCUT2D eigenvalue weighted by molar-refractivity contribution is 6.09. The number of aromatic nitrogens is 2. The van der Waals surface area contributed by atoms with E-state index in [2.05, 4.69) is 0 Å². The summed E-state index contributed by atoms with van der Waals surface area (Å²) >= 11 is 0. The van der Waals surface area contributed by atoms with Crippen LogP contribution in [0.3, 0.4) is 0 Å². The van der Waals surface area contributed by atoms with E-state index in [0.29, 0.717) is 54.1 Å². The van der Waals surface area contributed by atoms with Gasteiger partial charge in [0.05, 0.1) is 33.1 Å². The lowest BCUT2D eigenvalue weighted by Gasteiger charge is -2.15.